The molecule has 0 saturated carbocycles. The fourth-order valence-corrected chi connectivity index (χ4v) is 2.69. The first-order chi connectivity index (χ1) is 8.99. The summed E-state index contributed by atoms with van der Waals surface area (Å²) < 4.78 is 0. The molecule has 0 radical (unpaired) electrons. The first-order valence-corrected chi connectivity index (χ1v) is 14.2. The maximum atomic E-state index is 3.47. The standard InChI is InChI=1S/C18H26Si2/c1-15-9-10-17(11-13-19(3,4)5)16(2)18(15)12-14-20(6,7)8/h9-10H,1-8H3. The van der Waals surface area contributed by atoms with Crippen LogP contribution in [0.15, 0.2) is 12.1 Å². The highest BCUT2D eigenvalue weighted by atomic mass is 28.3. The third-order valence-electron chi connectivity index (χ3n) is 2.81. The number of hydrogen-bond acceptors (Lipinski definition) is 0. The van der Waals surface area contributed by atoms with Crippen molar-refractivity contribution < 1.29 is 0 Å². The second-order valence-electron chi connectivity index (χ2n) is 7.43. The molecule has 20 heavy (non-hydrogen) atoms. The average molecular weight is 299 g/mol. The van der Waals surface area contributed by atoms with E-state index in [-0.39, 0.29) is 0 Å². The molecule has 0 bridgehead atoms. The molecule has 0 fully saturated rings. The quantitative estimate of drug-likeness (QED) is 0.478. The zero-order valence-electron chi connectivity index (χ0n) is 14.2. The molecule has 1 aromatic carbocycles. The van der Waals surface area contributed by atoms with Crippen LogP contribution in [0.2, 0.25) is 39.3 Å². The molecule has 2 heteroatoms. The smallest absolute Gasteiger partial charge is 0.127 e. The van der Waals surface area contributed by atoms with Crippen molar-refractivity contribution in [2.45, 2.75) is 53.1 Å². The van der Waals surface area contributed by atoms with Gasteiger partial charge in [0, 0.05) is 11.1 Å². The molecule has 0 nitrogen and oxygen atoms in total. The predicted molar refractivity (Wildman–Crippen MR) is 96.4 cm³/mol. The zero-order chi connectivity index (χ0) is 15.6. The molecule has 0 spiro atoms. The van der Waals surface area contributed by atoms with E-state index in [2.05, 4.69) is 88.2 Å². The van der Waals surface area contributed by atoms with Crippen molar-refractivity contribution >= 4 is 16.1 Å². The maximum absolute atomic E-state index is 3.47. The Morgan fingerprint density at radius 2 is 1.25 bits per heavy atom. The Morgan fingerprint density at radius 1 is 0.750 bits per heavy atom. The van der Waals surface area contributed by atoms with Crippen LogP contribution in [0.1, 0.15) is 22.3 Å². The SMILES string of the molecule is Cc1ccc(C#C[Si](C)(C)C)c(C)c1C#C[Si](C)(C)C. The Morgan fingerprint density at radius 3 is 1.75 bits per heavy atom. The van der Waals surface area contributed by atoms with Crippen molar-refractivity contribution in [1.29, 1.82) is 0 Å². The number of rotatable bonds is 0. The summed E-state index contributed by atoms with van der Waals surface area (Å²) in [6.07, 6.45) is 0. The van der Waals surface area contributed by atoms with E-state index in [0.717, 1.165) is 5.56 Å². The monoisotopic (exact) mass is 298 g/mol. The first kappa shape index (κ1) is 16.8. The van der Waals surface area contributed by atoms with E-state index in [1.165, 1.54) is 16.7 Å². The Hall–Kier alpha value is -1.23. The predicted octanol–water partition coefficient (Wildman–Crippen LogP) is 4.76. The molecule has 0 atom stereocenters. The summed E-state index contributed by atoms with van der Waals surface area (Å²) in [4.78, 5) is 0. The highest BCUT2D eigenvalue weighted by Gasteiger charge is 2.10. The van der Waals surface area contributed by atoms with Crippen molar-refractivity contribution in [3.8, 4) is 22.9 Å². The number of aryl methyl sites for hydroxylation is 1. The number of benzene rings is 1. The van der Waals surface area contributed by atoms with Crippen LogP contribution in [-0.4, -0.2) is 16.1 Å². The molecule has 1 aromatic rings. The summed E-state index contributed by atoms with van der Waals surface area (Å²) >= 11 is 0. The van der Waals surface area contributed by atoms with Gasteiger partial charge in [-0.05, 0) is 31.0 Å². The molecular formula is C18H26Si2. The third kappa shape index (κ3) is 5.41. The van der Waals surface area contributed by atoms with Gasteiger partial charge < -0.3 is 0 Å². The molecule has 0 aliphatic rings. The minimum Gasteiger partial charge on any atom is -0.127 e. The van der Waals surface area contributed by atoms with Gasteiger partial charge in [-0.1, -0.05) is 57.2 Å². The van der Waals surface area contributed by atoms with Gasteiger partial charge in [-0.25, -0.2) is 0 Å². The summed E-state index contributed by atoms with van der Waals surface area (Å²) in [5, 5.41) is 0. The second kappa shape index (κ2) is 6.04. The van der Waals surface area contributed by atoms with Crippen LogP contribution in [0.5, 0.6) is 0 Å². The molecule has 106 valence electrons. The Kier molecular flexibility index (Phi) is 5.08. The molecule has 0 aliphatic heterocycles. The lowest BCUT2D eigenvalue weighted by Gasteiger charge is -2.09. The van der Waals surface area contributed by atoms with E-state index >= 15 is 0 Å². The summed E-state index contributed by atoms with van der Waals surface area (Å²) in [7, 11) is -2.67. The average Bonchev–Trinajstić information content (AvgIpc) is 2.25. The van der Waals surface area contributed by atoms with Crippen molar-refractivity contribution in [2.75, 3.05) is 0 Å². The van der Waals surface area contributed by atoms with Crippen molar-refractivity contribution in [2.24, 2.45) is 0 Å². The third-order valence-corrected chi connectivity index (χ3v) is 4.56. The molecule has 0 saturated heterocycles. The first-order valence-electron chi connectivity index (χ1n) is 7.16. The largest absolute Gasteiger partial charge is 0.129 e. The lowest BCUT2D eigenvalue weighted by molar-refractivity contribution is 1.33. The topological polar surface area (TPSA) is 0 Å². The van der Waals surface area contributed by atoms with Crippen LogP contribution in [-0.2, 0) is 0 Å². The van der Waals surface area contributed by atoms with Gasteiger partial charge in [-0.2, -0.15) is 0 Å². The van der Waals surface area contributed by atoms with Gasteiger partial charge in [0.05, 0.1) is 0 Å². The lowest BCUT2D eigenvalue weighted by atomic mass is 9.99. The zero-order valence-corrected chi connectivity index (χ0v) is 16.2. The van der Waals surface area contributed by atoms with E-state index in [4.69, 9.17) is 0 Å². The Labute approximate surface area is 127 Å². The van der Waals surface area contributed by atoms with Gasteiger partial charge in [0.15, 0.2) is 0 Å². The molecule has 0 amide bonds. The van der Waals surface area contributed by atoms with E-state index in [1.807, 2.05) is 0 Å². The van der Waals surface area contributed by atoms with Crippen LogP contribution in [0.3, 0.4) is 0 Å². The summed E-state index contributed by atoms with van der Waals surface area (Å²) in [5.74, 6) is 6.79. The van der Waals surface area contributed by atoms with Gasteiger partial charge in [-0.3, -0.25) is 0 Å². The van der Waals surface area contributed by atoms with Crippen LogP contribution in [0.25, 0.3) is 0 Å². The minimum absolute atomic E-state index is 1.14. The highest BCUT2D eigenvalue weighted by Crippen LogP contribution is 2.17. The van der Waals surface area contributed by atoms with Crippen molar-refractivity contribution in [3.63, 3.8) is 0 Å². The van der Waals surface area contributed by atoms with Gasteiger partial charge in [0.25, 0.3) is 0 Å². The molecule has 1 rings (SSSR count). The Balaban J connectivity index is 3.33. The van der Waals surface area contributed by atoms with E-state index < -0.39 is 16.1 Å². The molecule has 0 unspecified atom stereocenters. The summed E-state index contributed by atoms with van der Waals surface area (Å²) in [6.45, 7) is 17.9. The molecule has 0 N–H and O–H groups in total. The normalized spacial score (nSPS) is 11.2. The van der Waals surface area contributed by atoms with E-state index in [9.17, 15) is 0 Å². The molecule has 0 aliphatic carbocycles. The van der Waals surface area contributed by atoms with Crippen molar-refractivity contribution in [3.05, 3.63) is 34.4 Å². The van der Waals surface area contributed by atoms with E-state index in [1.54, 1.807) is 0 Å². The van der Waals surface area contributed by atoms with Crippen LogP contribution in [0.4, 0.5) is 0 Å². The molecule has 0 aromatic heterocycles. The summed E-state index contributed by atoms with van der Waals surface area (Å²) in [5.41, 5.74) is 11.7. The fraction of sp³-hybridized carbons (Fsp3) is 0.444. The van der Waals surface area contributed by atoms with Gasteiger partial charge >= 0.3 is 0 Å². The highest BCUT2D eigenvalue weighted by molar-refractivity contribution is 6.84. The van der Waals surface area contributed by atoms with Crippen LogP contribution >= 0.6 is 0 Å². The minimum atomic E-state index is -1.34. The second-order valence-corrected chi connectivity index (χ2v) is 16.9. The van der Waals surface area contributed by atoms with Gasteiger partial charge in [0.1, 0.15) is 16.1 Å². The molecular weight excluding hydrogens is 272 g/mol. The van der Waals surface area contributed by atoms with Crippen LogP contribution in [0, 0.1) is 36.8 Å². The maximum Gasteiger partial charge on any atom is 0.129 e. The van der Waals surface area contributed by atoms with E-state index in [0.29, 0.717) is 0 Å². The van der Waals surface area contributed by atoms with Gasteiger partial charge in [-0.15, -0.1) is 11.1 Å². The lowest BCUT2D eigenvalue weighted by Crippen LogP contribution is -2.16. The van der Waals surface area contributed by atoms with Crippen molar-refractivity contribution in [1.82, 2.24) is 0 Å². The molecule has 0 heterocycles. The fourth-order valence-electron chi connectivity index (χ4n) is 1.68. The Bertz CT molecular complexity index is 618. The van der Waals surface area contributed by atoms with Gasteiger partial charge in [0.2, 0.25) is 0 Å². The number of hydrogen-bond donors (Lipinski definition) is 0. The summed E-state index contributed by atoms with van der Waals surface area (Å²) in [6, 6.07) is 4.28. The van der Waals surface area contributed by atoms with Crippen LogP contribution < -0.4 is 0 Å².